The monoisotopic (exact) mass is 367 g/mol. The van der Waals surface area contributed by atoms with Crippen LogP contribution in [0.3, 0.4) is 0 Å². The highest BCUT2D eigenvalue weighted by atomic mass is 16.6. The minimum absolute atomic E-state index is 0.197. The van der Waals surface area contributed by atoms with Gasteiger partial charge in [-0.15, -0.1) is 6.58 Å². The summed E-state index contributed by atoms with van der Waals surface area (Å²) in [4.78, 5) is 14.1. The van der Waals surface area contributed by atoms with E-state index in [1.807, 2.05) is 60.7 Å². The van der Waals surface area contributed by atoms with E-state index in [4.69, 9.17) is 9.47 Å². The van der Waals surface area contributed by atoms with Crippen LogP contribution in [0.5, 0.6) is 0 Å². The Kier molecular flexibility index (Phi) is 6.63. The highest BCUT2D eigenvalue weighted by Crippen LogP contribution is 2.25. The van der Waals surface area contributed by atoms with E-state index in [9.17, 15) is 9.90 Å². The lowest BCUT2D eigenvalue weighted by molar-refractivity contribution is -0.0185. The first kappa shape index (κ1) is 19.1. The molecule has 5 heteroatoms. The van der Waals surface area contributed by atoms with Gasteiger partial charge in [-0.3, -0.25) is 4.90 Å². The van der Waals surface area contributed by atoms with E-state index in [1.54, 1.807) is 11.0 Å². The number of ether oxygens (including phenoxy) is 2. The molecule has 1 aliphatic rings. The topological polar surface area (TPSA) is 59.0 Å². The molecule has 1 fully saturated rings. The smallest absolute Gasteiger partial charge is 0.410 e. The van der Waals surface area contributed by atoms with Crippen molar-refractivity contribution in [3.8, 4) is 0 Å². The summed E-state index contributed by atoms with van der Waals surface area (Å²) in [7, 11) is 0. The average Bonchev–Trinajstić information content (AvgIpc) is 3.10. The molecule has 0 unspecified atom stereocenters. The first-order valence-electron chi connectivity index (χ1n) is 9.12. The number of hydrogen-bond donors (Lipinski definition) is 1. The van der Waals surface area contributed by atoms with Crippen LogP contribution in [0.15, 0.2) is 73.3 Å². The van der Waals surface area contributed by atoms with Crippen LogP contribution in [0.4, 0.5) is 4.79 Å². The summed E-state index contributed by atoms with van der Waals surface area (Å²) < 4.78 is 11.4. The number of likely N-dealkylation sites (tertiary alicyclic amines) is 1. The number of aliphatic hydroxyl groups excluding tert-OH is 1. The molecule has 0 spiro atoms. The van der Waals surface area contributed by atoms with Crippen LogP contribution in [-0.2, 0) is 22.7 Å². The van der Waals surface area contributed by atoms with E-state index in [0.717, 1.165) is 11.1 Å². The van der Waals surface area contributed by atoms with Crippen molar-refractivity contribution in [2.45, 2.75) is 37.9 Å². The maximum absolute atomic E-state index is 12.6. The van der Waals surface area contributed by atoms with Gasteiger partial charge in [-0.1, -0.05) is 66.7 Å². The Morgan fingerprint density at radius 3 is 2.30 bits per heavy atom. The molecule has 1 saturated heterocycles. The lowest BCUT2D eigenvalue weighted by Crippen LogP contribution is -2.47. The number of carbonyl (C=O) groups excluding carboxylic acids is 1. The fraction of sp³-hybridized carbons (Fsp3) is 0.318. The first-order chi connectivity index (χ1) is 13.2. The number of amides is 1. The van der Waals surface area contributed by atoms with E-state index in [-0.39, 0.29) is 6.61 Å². The molecule has 0 aliphatic carbocycles. The number of rotatable bonds is 7. The van der Waals surface area contributed by atoms with Gasteiger partial charge in [0.1, 0.15) is 6.61 Å². The molecule has 1 heterocycles. The minimum Gasteiger partial charge on any atom is -0.445 e. The number of benzene rings is 2. The zero-order chi connectivity index (χ0) is 19.1. The third-order valence-corrected chi connectivity index (χ3v) is 4.71. The molecule has 0 saturated carbocycles. The molecule has 0 aromatic heterocycles. The van der Waals surface area contributed by atoms with E-state index >= 15 is 0 Å². The van der Waals surface area contributed by atoms with E-state index in [1.165, 1.54) is 0 Å². The van der Waals surface area contributed by atoms with Crippen LogP contribution in [0, 0.1) is 0 Å². The highest BCUT2D eigenvalue weighted by Gasteiger charge is 2.41. The van der Waals surface area contributed by atoms with Crippen molar-refractivity contribution in [2.75, 3.05) is 6.54 Å². The molecule has 27 heavy (non-hydrogen) atoms. The van der Waals surface area contributed by atoms with E-state index < -0.39 is 24.3 Å². The molecule has 2 aromatic carbocycles. The van der Waals surface area contributed by atoms with Gasteiger partial charge in [-0.2, -0.15) is 0 Å². The number of aliphatic hydroxyl groups is 1. The highest BCUT2D eigenvalue weighted by molar-refractivity contribution is 5.68. The van der Waals surface area contributed by atoms with Crippen molar-refractivity contribution >= 4 is 6.09 Å². The van der Waals surface area contributed by atoms with Gasteiger partial charge in [-0.25, -0.2) is 4.79 Å². The molecule has 2 aromatic rings. The summed E-state index contributed by atoms with van der Waals surface area (Å²) in [5.41, 5.74) is 1.94. The summed E-state index contributed by atoms with van der Waals surface area (Å²) in [6.45, 7) is 4.83. The fourth-order valence-electron chi connectivity index (χ4n) is 3.28. The Morgan fingerprint density at radius 1 is 1.11 bits per heavy atom. The predicted octanol–water partition coefficient (Wildman–Crippen LogP) is 3.53. The van der Waals surface area contributed by atoms with Crippen LogP contribution in [-0.4, -0.2) is 40.9 Å². The first-order valence-corrected chi connectivity index (χ1v) is 9.12. The number of nitrogens with zero attached hydrogens (tertiary/aromatic N) is 1. The van der Waals surface area contributed by atoms with Crippen molar-refractivity contribution in [3.05, 3.63) is 84.4 Å². The standard InChI is InChI=1S/C22H25NO4/c1-2-20(26-15-17-9-5-3-6-10-17)21-19(24)13-14-23(21)22(25)27-16-18-11-7-4-8-12-18/h2-12,19-21,24H,1,13-16H2/t19-,20+,21+/m1/s1. The van der Waals surface area contributed by atoms with E-state index in [0.29, 0.717) is 19.6 Å². The summed E-state index contributed by atoms with van der Waals surface area (Å²) in [6.07, 6.45) is 0.527. The molecular weight excluding hydrogens is 342 g/mol. The molecule has 0 bridgehead atoms. The van der Waals surface area contributed by atoms with Gasteiger partial charge >= 0.3 is 6.09 Å². The number of carbonyl (C=O) groups is 1. The fourth-order valence-corrected chi connectivity index (χ4v) is 3.28. The second-order valence-corrected chi connectivity index (χ2v) is 6.58. The van der Waals surface area contributed by atoms with Crippen molar-refractivity contribution in [2.24, 2.45) is 0 Å². The third kappa shape index (κ3) is 4.96. The summed E-state index contributed by atoms with van der Waals surface area (Å²) in [5, 5.41) is 10.4. The summed E-state index contributed by atoms with van der Waals surface area (Å²) in [6, 6.07) is 18.8. The van der Waals surface area contributed by atoms with Crippen molar-refractivity contribution in [1.82, 2.24) is 4.90 Å². The SMILES string of the molecule is C=C[C@H](OCc1ccccc1)[C@@H]1[C@H](O)CCN1C(=O)OCc1ccccc1. The Labute approximate surface area is 159 Å². The maximum atomic E-state index is 12.6. The average molecular weight is 367 g/mol. The Bertz CT molecular complexity index is 734. The molecule has 0 radical (unpaired) electrons. The number of hydrogen-bond acceptors (Lipinski definition) is 4. The van der Waals surface area contributed by atoms with Gasteiger partial charge in [0.05, 0.1) is 24.9 Å². The second-order valence-electron chi connectivity index (χ2n) is 6.58. The van der Waals surface area contributed by atoms with Crippen molar-refractivity contribution in [1.29, 1.82) is 0 Å². The molecule has 3 rings (SSSR count). The minimum atomic E-state index is -0.673. The van der Waals surface area contributed by atoms with Gasteiger partial charge in [0.25, 0.3) is 0 Å². The van der Waals surface area contributed by atoms with Gasteiger partial charge < -0.3 is 14.6 Å². The lowest BCUT2D eigenvalue weighted by Gasteiger charge is -2.31. The quantitative estimate of drug-likeness (QED) is 0.761. The molecule has 1 N–H and O–H groups in total. The normalized spacial score (nSPS) is 20.3. The van der Waals surface area contributed by atoms with Crippen molar-refractivity contribution < 1.29 is 19.4 Å². The zero-order valence-electron chi connectivity index (χ0n) is 15.2. The zero-order valence-corrected chi connectivity index (χ0v) is 15.2. The Balaban J connectivity index is 1.62. The lowest BCUT2D eigenvalue weighted by atomic mass is 10.1. The van der Waals surface area contributed by atoms with Gasteiger partial charge in [-0.05, 0) is 17.5 Å². The molecule has 1 amide bonds. The second kappa shape index (κ2) is 9.35. The molecule has 5 nitrogen and oxygen atoms in total. The van der Waals surface area contributed by atoms with Gasteiger partial charge in [0.2, 0.25) is 0 Å². The van der Waals surface area contributed by atoms with E-state index in [2.05, 4.69) is 6.58 Å². The molecule has 3 atom stereocenters. The van der Waals surface area contributed by atoms with Crippen LogP contribution in [0.1, 0.15) is 17.5 Å². The van der Waals surface area contributed by atoms with Crippen molar-refractivity contribution in [3.63, 3.8) is 0 Å². The Hall–Kier alpha value is -2.63. The molecule has 1 aliphatic heterocycles. The molecule has 142 valence electrons. The van der Waals surface area contributed by atoms with Crippen LogP contribution in [0.2, 0.25) is 0 Å². The van der Waals surface area contributed by atoms with Crippen LogP contribution >= 0.6 is 0 Å². The van der Waals surface area contributed by atoms with Crippen LogP contribution in [0.25, 0.3) is 0 Å². The Morgan fingerprint density at radius 2 is 1.70 bits per heavy atom. The predicted molar refractivity (Wildman–Crippen MR) is 103 cm³/mol. The largest absolute Gasteiger partial charge is 0.445 e. The summed E-state index contributed by atoms with van der Waals surface area (Å²) in [5.74, 6) is 0. The third-order valence-electron chi connectivity index (χ3n) is 4.71. The maximum Gasteiger partial charge on any atom is 0.410 e. The van der Waals surface area contributed by atoms with Crippen LogP contribution < -0.4 is 0 Å². The summed E-state index contributed by atoms with van der Waals surface area (Å²) >= 11 is 0. The van der Waals surface area contributed by atoms with Gasteiger partial charge in [0.15, 0.2) is 0 Å². The van der Waals surface area contributed by atoms with Gasteiger partial charge in [0, 0.05) is 6.54 Å². The molecular formula is C22H25NO4.